The number of nitrogens with one attached hydrogen (secondary N) is 2. The number of hydrogen-bond donors (Lipinski definition) is 3. The second-order valence-corrected chi connectivity index (χ2v) is 9.92. The number of aliphatic hydroxyl groups is 1. The minimum absolute atomic E-state index is 0.00363. The van der Waals surface area contributed by atoms with E-state index in [2.05, 4.69) is 24.5 Å². The van der Waals surface area contributed by atoms with Crippen LogP contribution in [0.2, 0.25) is 0 Å². The number of likely N-dealkylation sites (tertiary alicyclic amines) is 1. The number of aliphatic hydroxyl groups excluding tert-OH is 1. The first kappa shape index (κ1) is 38.7. The number of carbonyl (C=O) groups is 4. The monoisotopic (exact) mass is 515 g/mol. The predicted molar refractivity (Wildman–Crippen MR) is 149 cm³/mol. The lowest BCUT2D eigenvalue weighted by Crippen LogP contribution is -2.57. The van der Waals surface area contributed by atoms with Crippen molar-refractivity contribution in [2.45, 2.75) is 125 Å². The topological polar surface area (TPSA) is 116 Å². The first-order valence-corrected chi connectivity index (χ1v) is 13.6. The number of likely N-dealkylation sites (N-methyl/N-ethyl adjacent to an activating group) is 1. The third kappa shape index (κ3) is 14.7. The lowest BCUT2D eigenvalue weighted by Gasteiger charge is -2.35. The molecule has 1 saturated heterocycles. The van der Waals surface area contributed by atoms with Gasteiger partial charge in [0.1, 0.15) is 12.3 Å². The number of nitrogens with zero attached hydrogens (tertiary/aromatic N) is 1. The van der Waals surface area contributed by atoms with Crippen LogP contribution < -0.4 is 10.6 Å². The van der Waals surface area contributed by atoms with E-state index in [0.717, 1.165) is 39.1 Å². The molecule has 3 N–H and O–H groups in total. The van der Waals surface area contributed by atoms with Crippen LogP contribution in [0.1, 0.15) is 107 Å². The molecule has 8 heteroatoms. The lowest BCUT2D eigenvalue weighted by molar-refractivity contribution is -0.142. The van der Waals surface area contributed by atoms with Gasteiger partial charge in [-0.3, -0.25) is 14.4 Å². The lowest BCUT2D eigenvalue weighted by atomic mass is 9.80. The highest BCUT2D eigenvalue weighted by Crippen LogP contribution is 2.31. The van der Waals surface area contributed by atoms with Crippen molar-refractivity contribution in [1.82, 2.24) is 15.5 Å². The van der Waals surface area contributed by atoms with Crippen molar-refractivity contribution >= 4 is 23.9 Å². The van der Waals surface area contributed by atoms with E-state index < -0.39 is 12.1 Å². The number of Topliss-reactive ketones (excluding diaryl/α,β-unsaturated/α-hetero) is 1. The smallest absolute Gasteiger partial charge is 0.243 e. The van der Waals surface area contributed by atoms with Gasteiger partial charge in [0.05, 0.1) is 12.1 Å². The van der Waals surface area contributed by atoms with Crippen molar-refractivity contribution in [3.05, 3.63) is 0 Å². The molecule has 0 bridgehead atoms. The van der Waals surface area contributed by atoms with Gasteiger partial charge in [-0.1, -0.05) is 74.1 Å². The molecular formula is C28H57N3O5. The van der Waals surface area contributed by atoms with Crippen LogP contribution in [0.25, 0.3) is 0 Å². The summed E-state index contributed by atoms with van der Waals surface area (Å²) in [5.41, 5.74) is -0.235. The molecule has 36 heavy (non-hydrogen) atoms. The van der Waals surface area contributed by atoms with Crippen molar-refractivity contribution in [2.24, 2.45) is 11.3 Å². The number of rotatable bonds is 7. The summed E-state index contributed by atoms with van der Waals surface area (Å²) in [6.45, 7) is 17.9. The average Bonchev–Trinajstić information content (AvgIpc) is 3.28. The van der Waals surface area contributed by atoms with Gasteiger partial charge in [-0.25, -0.2) is 0 Å². The van der Waals surface area contributed by atoms with E-state index in [9.17, 15) is 14.4 Å². The fourth-order valence-electron chi connectivity index (χ4n) is 4.05. The van der Waals surface area contributed by atoms with Crippen molar-refractivity contribution in [1.29, 1.82) is 0 Å². The fraction of sp³-hybridized carbons (Fsp3) is 0.857. The maximum absolute atomic E-state index is 13.0. The second-order valence-electron chi connectivity index (χ2n) is 9.92. The Morgan fingerprint density at radius 3 is 1.86 bits per heavy atom. The van der Waals surface area contributed by atoms with Crippen LogP contribution in [0.4, 0.5) is 0 Å². The van der Waals surface area contributed by atoms with Gasteiger partial charge in [-0.15, -0.1) is 0 Å². The molecule has 2 amide bonds. The highest BCUT2D eigenvalue weighted by atomic mass is 16.2. The van der Waals surface area contributed by atoms with Gasteiger partial charge in [0.25, 0.3) is 0 Å². The van der Waals surface area contributed by atoms with Crippen LogP contribution in [0.3, 0.4) is 0 Å². The summed E-state index contributed by atoms with van der Waals surface area (Å²) < 4.78 is 0. The van der Waals surface area contributed by atoms with Gasteiger partial charge >= 0.3 is 0 Å². The summed E-state index contributed by atoms with van der Waals surface area (Å²) in [6, 6.07) is -1.23. The van der Waals surface area contributed by atoms with E-state index in [-0.39, 0.29) is 29.1 Å². The molecule has 0 radical (unpaired) electrons. The Balaban J connectivity index is -0.000000950. The van der Waals surface area contributed by atoms with Crippen LogP contribution >= 0.6 is 0 Å². The van der Waals surface area contributed by atoms with Gasteiger partial charge in [0, 0.05) is 13.7 Å². The third-order valence-corrected chi connectivity index (χ3v) is 5.84. The molecule has 214 valence electrons. The number of carbonyl (C=O) groups excluding carboxylic acids is 4. The van der Waals surface area contributed by atoms with E-state index in [1.807, 2.05) is 34.6 Å². The van der Waals surface area contributed by atoms with Crippen molar-refractivity contribution in [3.8, 4) is 0 Å². The quantitative estimate of drug-likeness (QED) is 0.439. The summed E-state index contributed by atoms with van der Waals surface area (Å²) in [6.07, 6.45) is 7.70. The molecule has 3 atom stereocenters. The van der Waals surface area contributed by atoms with Crippen LogP contribution in [0, 0.1) is 11.3 Å². The molecule has 2 rings (SSSR count). The van der Waals surface area contributed by atoms with E-state index in [1.54, 1.807) is 11.9 Å². The highest BCUT2D eigenvalue weighted by molar-refractivity contribution is 5.93. The minimum atomic E-state index is -0.469. The number of ketones is 1. The van der Waals surface area contributed by atoms with Crippen molar-refractivity contribution in [2.75, 3.05) is 20.7 Å². The maximum atomic E-state index is 13.0. The summed E-state index contributed by atoms with van der Waals surface area (Å²) in [5.74, 6) is 0.333. The standard InChI is InChI=1S/C20H35N3O3.C3H8.C2H4O.C2H6.CH4O/c1-13(24)15(12-14-8-6-9-14)22-18(25)16-10-7-11-23(16)19(26)17(21-5)20(2,3)4;1-3-2;1-2-3;2*1-2/h14-17,21H,6-12H2,1-5H3,(H,22,25);3H2,1-2H3;2H,1H3;1-2H3;2H,1H3. The summed E-state index contributed by atoms with van der Waals surface area (Å²) >= 11 is 0. The number of aldehydes is 1. The molecule has 3 unspecified atom stereocenters. The van der Waals surface area contributed by atoms with Crippen LogP contribution in [-0.2, 0) is 19.2 Å². The first-order valence-electron chi connectivity index (χ1n) is 13.6. The normalized spacial score (nSPS) is 18.0. The van der Waals surface area contributed by atoms with Crippen LogP contribution in [0.5, 0.6) is 0 Å². The Bertz CT molecular complexity index is 600. The molecule has 1 aliphatic carbocycles. The molecule has 1 aliphatic heterocycles. The Kier molecular flexibility index (Phi) is 24.1. The first-order chi connectivity index (χ1) is 17.0. The molecule has 0 aromatic carbocycles. The molecule has 2 aliphatic rings. The largest absolute Gasteiger partial charge is 0.400 e. The molecule has 0 aromatic rings. The Morgan fingerprint density at radius 2 is 1.53 bits per heavy atom. The zero-order valence-electron chi connectivity index (χ0n) is 25.1. The number of amides is 2. The van der Waals surface area contributed by atoms with Gasteiger partial charge in [-0.2, -0.15) is 0 Å². The van der Waals surface area contributed by atoms with Crippen LogP contribution in [-0.4, -0.2) is 72.7 Å². The van der Waals surface area contributed by atoms with E-state index >= 15 is 0 Å². The molecular weight excluding hydrogens is 458 g/mol. The molecule has 2 fully saturated rings. The molecule has 1 heterocycles. The Hall–Kier alpha value is -1.80. The molecule has 8 nitrogen and oxygen atoms in total. The highest BCUT2D eigenvalue weighted by Gasteiger charge is 2.41. The van der Waals surface area contributed by atoms with Crippen LogP contribution in [0.15, 0.2) is 0 Å². The average molecular weight is 516 g/mol. The Labute approximate surface area is 221 Å². The van der Waals surface area contributed by atoms with Crippen molar-refractivity contribution in [3.63, 3.8) is 0 Å². The van der Waals surface area contributed by atoms with Crippen molar-refractivity contribution < 1.29 is 24.3 Å². The second kappa shape index (κ2) is 22.4. The summed E-state index contributed by atoms with van der Waals surface area (Å²) in [7, 11) is 2.78. The van der Waals surface area contributed by atoms with E-state index in [4.69, 9.17) is 9.90 Å². The Morgan fingerprint density at radius 1 is 1.06 bits per heavy atom. The van der Waals surface area contributed by atoms with Gasteiger partial charge in [0.15, 0.2) is 5.78 Å². The minimum Gasteiger partial charge on any atom is -0.400 e. The third-order valence-electron chi connectivity index (χ3n) is 5.84. The van der Waals surface area contributed by atoms with Gasteiger partial charge in [0.2, 0.25) is 11.8 Å². The van der Waals surface area contributed by atoms with E-state index in [0.29, 0.717) is 18.9 Å². The van der Waals surface area contributed by atoms with Gasteiger partial charge in [-0.05, 0) is 51.5 Å². The zero-order chi connectivity index (χ0) is 28.9. The summed E-state index contributed by atoms with van der Waals surface area (Å²) in [4.78, 5) is 48.3. The maximum Gasteiger partial charge on any atom is 0.243 e. The molecule has 0 spiro atoms. The fourth-order valence-corrected chi connectivity index (χ4v) is 4.05. The predicted octanol–water partition coefficient (Wildman–Crippen LogP) is 4.13. The van der Waals surface area contributed by atoms with E-state index in [1.165, 1.54) is 26.7 Å². The summed E-state index contributed by atoms with van der Waals surface area (Å²) in [5, 5.41) is 13.0. The zero-order valence-corrected chi connectivity index (χ0v) is 25.1. The van der Waals surface area contributed by atoms with Gasteiger partial charge < -0.3 is 25.4 Å². The molecule has 0 aromatic heterocycles. The molecule has 1 saturated carbocycles. The number of hydrogen-bond acceptors (Lipinski definition) is 6. The SMILES string of the molecule is CC.CC=O.CCC.CNC(C(=O)N1CCCC1C(=O)NC(CC1CCC1)C(C)=O)C(C)(C)C.CO.